The summed E-state index contributed by atoms with van der Waals surface area (Å²) in [6.07, 6.45) is -0.00229. The van der Waals surface area contributed by atoms with Crippen molar-refractivity contribution in [1.29, 1.82) is 0 Å². The molecule has 4 rings (SSSR count). The second kappa shape index (κ2) is 12.8. The van der Waals surface area contributed by atoms with Gasteiger partial charge in [0.15, 0.2) is 14.6 Å². The number of ether oxygens (including phenoxy) is 3. The molecular weight excluding hydrogens is 557 g/mol. The fourth-order valence-corrected chi connectivity index (χ4v) is 6.61. The molecule has 1 aromatic heterocycles. The fraction of sp³-hybridized carbons (Fsp3) is 0.821. The molecule has 13 heteroatoms. The number of hydrogen-bond donors (Lipinski definition) is 0. The lowest BCUT2D eigenvalue weighted by molar-refractivity contribution is -0.196. The van der Waals surface area contributed by atoms with Gasteiger partial charge >= 0.3 is 6.18 Å². The van der Waals surface area contributed by atoms with Crippen molar-refractivity contribution in [3.05, 3.63) is 18.0 Å². The molecule has 0 aromatic carbocycles. The molecule has 1 amide bonds. The Morgan fingerprint density at radius 3 is 2.41 bits per heavy atom. The molecule has 5 atom stereocenters. The van der Waals surface area contributed by atoms with Gasteiger partial charge < -0.3 is 28.4 Å². The highest BCUT2D eigenvalue weighted by Gasteiger charge is 2.47. The van der Waals surface area contributed by atoms with Crippen LogP contribution in [0.4, 0.5) is 19.1 Å². The number of aromatic nitrogens is 2. The molecule has 3 saturated heterocycles. The van der Waals surface area contributed by atoms with Crippen LogP contribution in [0.2, 0.25) is 18.1 Å². The third-order valence-electron chi connectivity index (χ3n) is 8.67. The van der Waals surface area contributed by atoms with Crippen LogP contribution in [-0.2, 0) is 29.6 Å². The van der Waals surface area contributed by atoms with Crippen molar-refractivity contribution in [3.63, 3.8) is 0 Å². The Balaban J connectivity index is 1.42. The zero-order valence-corrected chi connectivity index (χ0v) is 26.1. The molecular formula is C28H45F3N4O5Si. The number of halogens is 3. The first-order valence-corrected chi connectivity index (χ1v) is 17.6. The Morgan fingerprint density at radius 1 is 1.10 bits per heavy atom. The van der Waals surface area contributed by atoms with Gasteiger partial charge in [0.05, 0.1) is 30.4 Å². The number of carbonyl (C=O) groups excluding carboxylic acids is 1. The fourth-order valence-electron chi connectivity index (χ4n) is 5.27. The highest BCUT2D eigenvalue weighted by Crippen LogP contribution is 2.39. The van der Waals surface area contributed by atoms with Crippen molar-refractivity contribution in [1.82, 2.24) is 14.9 Å². The number of rotatable bonds is 9. The second-order valence-electron chi connectivity index (χ2n) is 12.9. The van der Waals surface area contributed by atoms with E-state index in [1.807, 2.05) is 16.7 Å². The minimum atomic E-state index is -4.50. The maximum atomic E-state index is 13.5. The van der Waals surface area contributed by atoms with Crippen LogP contribution in [0.3, 0.4) is 0 Å². The van der Waals surface area contributed by atoms with Crippen molar-refractivity contribution in [2.75, 3.05) is 37.7 Å². The number of anilines is 1. The third kappa shape index (κ3) is 7.98. The monoisotopic (exact) mass is 602 g/mol. The number of piperidine rings is 1. The smallest absolute Gasteiger partial charge is 0.410 e. The zero-order chi connectivity index (χ0) is 30.0. The molecule has 3 aliphatic heterocycles. The Morgan fingerprint density at radius 2 is 1.80 bits per heavy atom. The standard InChI is InChI=1S/C28H45F3N4O5Si/c1-19(39-24-9-7-8-14-37-24)18-38-22-11-13-35(25(22)36)21-10-12-34(17-23(21)40-41(5,6)27(2,3)4)26-32-15-20(16-33-26)28(29,30)31/h15-16,19,21-24H,7-14,17-18H2,1-6H3/t19-,21?,22?,23?,24?/m0/s1. The normalized spacial score (nSPS) is 27.4. The summed E-state index contributed by atoms with van der Waals surface area (Å²) in [6, 6.07) is -0.180. The van der Waals surface area contributed by atoms with Gasteiger partial charge in [0.1, 0.15) is 6.10 Å². The van der Waals surface area contributed by atoms with E-state index < -0.39 is 26.2 Å². The minimum Gasteiger partial charge on any atom is -0.410 e. The Kier molecular flexibility index (Phi) is 10.0. The number of amides is 1. The predicted molar refractivity (Wildman–Crippen MR) is 150 cm³/mol. The van der Waals surface area contributed by atoms with Gasteiger partial charge in [0.2, 0.25) is 5.95 Å². The van der Waals surface area contributed by atoms with E-state index in [0.29, 0.717) is 45.7 Å². The third-order valence-corrected chi connectivity index (χ3v) is 13.2. The number of nitrogens with zero attached hydrogens (tertiary/aromatic N) is 4. The summed E-state index contributed by atoms with van der Waals surface area (Å²) in [5, 5.41) is -0.0659. The van der Waals surface area contributed by atoms with Crippen molar-refractivity contribution in [2.45, 2.75) is 115 Å². The van der Waals surface area contributed by atoms with E-state index in [1.54, 1.807) is 0 Å². The molecule has 3 fully saturated rings. The summed E-state index contributed by atoms with van der Waals surface area (Å²) in [5.74, 6) is 0.171. The van der Waals surface area contributed by atoms with Crippen molar-refractivity contribution in [3.8, 4) is 0 Å². The van der Waals surface area contributed by atoms with Crippen LogP contribution < -0.4 is 4.90 Å². The van der Waals surface area contributed by atoms with Crippen LogP contribution in [-0.4, -0.2) is 92.6 Å². The molecule has 9 nitrogen and oxygen atoms in total. The Bertz CT molecular complexity index is 1020. The summed E-state index contributed by atoms with van der Waals surface area (Å²) in [4.78, 5) is 25.3. The summed E-state index contributed by atoms with van der Waals surface area (Å²) in [5.41, 5.74) is -0.884. The molecule has 0 saturated carbocycles. The summed E-state index contributed by atoms with van der Waals surface area (Å²) in [6.45, 7) is 15.1. The van der Waals surface area contributed by atoms with E-state index in [4.69, 9.17) is 18.6 Å². The molecule has 3 aliphatic rings. The lowest BCUT2D eigenvalue weighted by atomic mass is 10.0. The van der Waals surface area contributed by atoms with E-state index in [-0.39, 0.29) is 41.4 Å². The lowest BCUT2D eigenvalue weighted by Crippen LogP contribution is -2.60. The molecule has 0 aliphatic carbocycles. The molecule has 232 valence electrons. The van der Waals surface area contributed by atoms with Crippen LogP contribution in [0, 0.1) is 0 Å². The SMILES string of the molecule is C[C@@H](COC1CCN(C2CCN(c3ncc(C(F)(F)F)cn3)CC2O[Si](C)(C)C(C)(C)C)C1=O)OC1CCCCO1. The Labute approximate surface area is 242 Å². The minimum absolute atomic E-state index is 0.0563. The topological polar surface area (TPSA) is 86.2 Å². The predicted octanol–water partition coefficient (Wildman–Crippen LogP) is 5.01. The second-order valence-corrected chi connectivity index (χ2v) is 17.6. The average Bonchev–Trinajstić information content (AvgIpc) is 3.26. The van der Waals surface area contributed by atoms with Crippen LogP contribution in [0.1, 0.15) is 65.4 Å². The van der Waals surface area contributed by atoms with Crippen LogP contribution in [0.5, 0.6) is 0 Å². The average molecular weight is 603 g/mol. The first kappa shape index (κ1) is 32.1. The zero-order valence-electron chi connectivity index (χ0n) is 25.1. The van der Waals surface area contributed by atoms with E-state index in [0.717, 1.165) is 31.7 Å². The van der Waals surface area contributed by atoms with Gasteiger partial charge in [-0.3, -0.25) is 4.79 Å². The van der Waals surface area contributed by atoms with E-state index >= 15 is 0 Å². The van der Waals surface area contributed by atoms with Crippen LogP contribution >= 0.6 is 0 Å². The van der Waals surface area contributed by atoms with Gasteiger partial charge in [-0.1, -0.05) is 20.8 Å². The number of alkyl halides is 3. The first-order valence-electron chi connectivity index (χ1n) is 14.7. The molecule has 0 radical (unpaired) electrons. The molecule has 1 aromatic rings. The maximum absolute atomic E-state index is 13.5. The first-order chi connectivity index (χ1) is 19.2. The molecule has 4 unspecified atom stereocenters. The number of likely N-dealkylation sites (tertiary alicyclic amines) is 1. The number of hydrogen-bond acceptors (Lipinski definition) is 8. The summed E-state index contributed by atoms with van der Waals surface area (Å²) in [7, 11) is -2.25. The largest absolute Gasteiger partial charge is 0.419 e. The van der Waals surface area contributed by atoms with Gasteiger partial charge in [-0.05, 0) is 50.7 Å². The van der Waals surface area contributed by atoms with E-state index in [1.165, 1.54) is 0 Å². The number of carbonyl (C=O) groups is 1. The lowest BCUT2D eigenvalue weighted by Gasteiger charge is -2.47. The van der Waals surface area contributed by atoms with Gasteiger partial charge in [0, 0.05) is 45.1 Å². The van der Waals surface area contributed by atoms with Gasteiger partial charge in [-0.2, -0.15) is 13.2 Å². The van der Waals surface area contributed by atoms with Crippen molar-refractivity contribution < 1.29 is 36.6 Å². The Hall–Kier alpha value is -1.80. The quantitative estimate of drug-likeness (QED) is 0.365. The van der Waals surface area contributed by atoms with E-state index in [9.17, 15) is 18.0 Å². The van der Waals surface area contributed by atoms with Gasteiger partial charge in [-0.25, -0.2) is 9.97 Å². The van der Waals surface area contributed by atoms with Crippen LogP contribution in [0.15, 0.2) is 12.4 Å². The van der Waals surface area contributed by atoms with Gasteiger partial charge in [-0.15, -0.1) is 0 Å². The van der Waals surface area contributed by atoms with Gasteiger partial charge in [0.25, 0.3) is 5.91 Å². The molecule has 0 spiro atoms. The molecule has 41 heavy (non-hydrogen) atoms. The van der Waals surface area contributed by atoms with Crippen LogP contribution in [0.25, 0.3) is 0 Å². The summed E-state index contributed by atoms with van der Waals surface area (Å²) >= 11 is 0. The van der Waals surface area contributed by atoms with E-state index in [2.05, 4.69) is 43.8 Å². The molecule has 0 N–H and O–H groups in total. The molecule has 0 bridgehead atoms. The highest BCUT2D eigenvalue weighted by molar-refractivity contribution is 6.74. The highest BCUT2D eigenvalue weighted by atomic mass is 28.4. The maximum Gasteiger partial charge on any atom is 0.419 e. The van der Waals surface area contributed by atoms with Crippen molar-refractivity contribution >= 4 is 20.2 Å². The molecule has 4 heterocycles. The summed E-state index contributed by atoms with van der Waals surface area (Å²) < 4.78 is 63.6. The van der Waals surface area contributed by atoms with Crippen molar-refractivity contribution in [2.24, 2.45) is 0 Å².